The Balaban J connectivity index is 1.50. The number of rotatable bonds is 4. The van der Waals surface area contributed by atoms with E-state index in [9.17, 15) is 9.59 Å². The van der Waals surface area contributed by atoms with E-state index in [2.05, 4.69) is 4.98 Å². The Hall–Kier alpha value is -1.85. The summed E-state index contributed by atoms with van der Waals surface area (Å²) in [5, 5.41) is 0. The van der Waals surface area contributed by atoms with Gasteiger partial charge in [-0.25, -0.2) is 4.98 Å². The van der Waals surface area contributed by atoms with E-state index in [1.807, 2.05) is 27.6 Å². The van der Waals surface area contributed by atoms with Crippen molar-refractivity contribution in [1.82, 2.24) is 19.4 Å². The first-order valence-corrected chi connectivity index (χ1v) is 8.64. The van der Waals surface area contributed by atoms with Crippen molar-refractivity contribution >= 4 is 11.8 Å². The first-order chi connectivity index (χ1) is 11.1. The SMILES string of the molecule is CN1C(=O)CCC[C@@H]2CN(C(=O)CCCn3ccnc3)CC[C@H]21. The Morgan fingerprint density at radius 1 is 1.39 bits per heavy atom. The molecule has 0 bridgehead atoms. The van der Waals surface area contributed by atoms with E-state index in [4.69, 9.17) is 0 Å². The molecular weight excluding hydrogens is 292 g/mol. The van der Waals surface area contributed by atoms with Crippen molar-refractivity contribution in [1.29, 1.82) is 0 Å². The van der Waals surface area contributed by atoms with E-state index >= 15 is 0 Å². The molecule has 2 aliphatic heterocycles. The predicted molar refractivity (Wildman–Crippen MR) is 86.6 cm³/mol. The summed E-state index contributed by atoms with van der Waals surface area (Å²) in [6, 6.07) is 0.319. The van der Waals surface area contributed by atoms with Crippen molar-refractivity contribution in [3.05, 3.63) is 18.7 Å². The lowest BCUT2D eigenvalue weighted by atomic mass is 9.88. The normalized spacial score (nSPS) is 25.2. The van der Waals surface area contributed by atoms with Gasteiger partial charge in [-0.3, -0.25) is 9.59 Å². The van der Waals surface area contributed by atoms with Gasteiger partial charge in [0, 0.05) is 58.0 Å². The van der Waals surface area contributed by atoms with Crippen LogP contribution in [0.5, 0.6) is 0 Å². The summed E-state index contributed by atoms with van der Waals surface area (Å²) in [7, 11) is 1.92. The number of imidazole rings is 1. The van der Waals surface area contributed by atoms with Crippen LogP contribution in [-0.4, -0.2) is 57.3 Å². The fourth-order valence-corrected chi connectivity index (χ4v) is 3.91. The van der Waals surface area contributed by atoms with Crippen LogP contribution in [0.1, 0.15) is 38.5 Å². The quantitative estimate of drug-likeness (QED) is 0.846. The lowest BCUT2D eigenvalue weighted by Crippen LogP contribution is -2.51. The number of amides is 2. The van der Waals surface area contributed by atoms with E-state index in [1.54, 1.807) is 12.5 Å². The average molecular weight is 318 g/mol. The Morgan fingerprint density at radius 2 is 2.26 bits per heavy atom. The largest absolute Gasteiger partial charge is 0.342 e. The summed E-state index contributed by atoms with van der Waals surface area (Å²) in [5.41, 5.74) is 0. The van der Waals surface area contributed by atoms with Crippen molar-refractivity contribution in [2.24, 2.45) is 5.92 Å². The van der Waals surface area contributed by atoms with Gasteiger partial charge in [0.2, 0.25) is 11.8 Å². The summed E-state index contributed by atoms with van der Waals surface area (Å²) in [4.78, 5) is 32.4. The minimum atomic E-state index is 0.252. The molecule has 2 aliphatic rings. The lowest BCUT2D eigenvalue weighted by molar-refractivity contribution is -0.136. The maximum atomic E-state index is 12.5. The molecule has 0 saturated carbocycles. The molecule has 1 aromatic rings. The number of likely N-dealkylation sites (tertiary alicyclic amines) is 2. The fraction of sp³-hybridized carbons (Fsp3) is 0.706. The zero-order chi connectivity index (χ0) is 16.2. The first kappa shape index (κ1) is 16.0. The van der Waals surface area contributed by atoms with Crippen LogP contribution in [0.2, 0.25) is 0 Å². The predicted octanol–water partition coefficient (Wildman–Crippen LogP) is 1.52. The molecule has 126 valence electrons. The third-order valence-electron chi connectivity index (χ3n) is 5.27. The number of carbonyl (C=O) groups excluding carboxylic acids is 2. The van der Waals surface area contributed by atoms with Crippen LogP contribution >= 0.6 is 0 Å². The monoisotopic (exact) mass is 318 g/mol. The molecule has 2 fully saturated rings. The van der Waals surface area contributed by atoms with Crippen molar-refractivity contribution < 1.29 is 9.59 Å². The van der Waals surface area contributed by atoms with Crippen LogP contribution in [0.15, 0.2) is 18.7 Å². The van der Waals surface area contributed by atoms with Gasteiger partial charge < -0.3 is 14.4 Å². The highest BCUT2D eigenvalue weighted by atomic mass is 16.2. The second-order valence-electron chi connectivity index (χ2n) is 6.76. The molecule has 1 aromatic heterocycles. The highest BCUT2D eigenvalue weighted by Crippen LogP contribution is 2.29. The van der Waals surface area contributed by atoms with Gasteiger partial charge in [0.05, 0.1) is 6.33 Å². The van der Waals surface area contributed by atoms with Crippen LogP contribution in [0.25, 0.3) is 0 Å². The van der Waals surface area contributed by atoms with Gasteiger partial charge >= 0.3 is 0 Å². The molecule has 0 aliphatic carbocycles. The number of hydrogen-bond acceptors (Lipinski definition) is 3. The van der Waals surface area contributed by atoms with Gasteiger partial charge in [-0.1, -0.05) is 0 Å². The Bertz CT molecular complexity index is 543. The van der Waals surface area contributed by atoms with Crippen molar-refractivity contribution in [3.8, 4) is 0 Å². The molecule has 0 N–H and O–H groups in total. The second-order valence-corrected chi connectivity index (χ2v) is 6.76. The maximum absolute atomic E-state index is 12.5. The number of piperidine rings is 1. The molecule has 2 amide bonds. The van der Waals surface area contributed by atoms with Crippen molar-refractivity contribution in [3.63, 3.8) is 0 Å². The standard InChI is InChI=1S/C17H26N4O2/c1-19-15-7-10-21(12-14(15)4-2-5-16(19)22)17(23)6-3-9-20-11-8-18-13-20/h8,11,13-15H,2-7,9-10,12H2,1H3/t14-,15-/m1/s1. The Kier molecular flexibility index (Phi) is 4.98. The third kappa shape index (κ3) is 3.74. The van der Waals surface area contributed by atoms with Gasteiger partial charge in [-0.05, 0) is 31.6 Å². The summed E-state index contributed by atoms with van der Waals surface area (Å²) in [6.45, 7) is 2.43. The number of carbonyl (C=O) groups is 2. The van der Waals surface area contributed by atoms with Crippen molar-refractivity contribution in [2.45, 2.75) is 51.1 Å². The van der Waals surface area contributed by atoms with Crippen LogP contribution in [0.3, 0.4) is 0 Å². The summed E-state index contributed by atoms with van der Waals surface area (Å²) < 4.78 is 2.01. The van der Waals surface area contributed by atoms with Crippen LogP contribution in [-0.2, 0) is 16.1 Å². The number of fused-ring (bicyclic) bond motifs is 1. The number of aromatic nitrogens is 2. The van der Waals surface area contributed by atoms with Crippen LogP contribution in [0.4, 0.5) is 0 Å². The maximum Gasteiger partial charge on any atom is 0.222 e. The van der Waals surface area contributed by atoms with E-state index < -0.39 is 0 Å². The summed E-state index contributed by atoms with van der Waals surface area (Å²) in [6.07, 6.45) is 10.5. The highest BCUT2D eigenvalue weighted by molar-refractivity contribution is 5.77. The van der Waals surface area contributed by atoms with Gasteiger partial charge in [-0.15, -0.1) is 0 Å². The van der Waals surface area contributed by atoms with E-state index in [-0.39, 0.29) is 11.8 Å². The lowest BCUT2D eigenvalue weighted by Gasteiger charge is -2.41. The van der Waals surface area contributed by atoms with Crippen LogP contribution < -0.4 is 0 Å². The number of aryl methyl sites for hydroxylation is 1. The molecular formula is C17H26N4O2. The molecule has 2 atom stereocenters. The molecule has 0 radical (unpaired) electrons. The molecule has 3 heterocycles. The average Bonchev–Trinajstić information content (AvgIpc) is 3.02. The molecule has 6 heteroatoms. The molecule has 0 spiro atoms. The summed E-state index contributed by atoms with van der Waals surface area (Å²) >= 11 is 0. The zero-order valence-electron chi connectivity index (χ0n) is 13.9. The molecule has 0 aromatic carbocycles. The molecule has 2 saturated heterocycles. The first-order valence-electron chi connectivity index (χ1n) is 8.64. The van der Waals surface area contributed by atoms with E-state index in [0.717, 1.165) is 45.3 Å². The zero-order valence-corrected chi connectivity index (χ0v) is 13.9. The minimum absolute atomic E-state index is 0.252. The second kappa shape index (κ2) is 7.15. The molecule has 0 unspecified atom stereocenters. The topological polar surface area (TPSA) is 58.4 Å². The highest BCUT2D eigenvalue weighted by Gasteiger charge is 2.36. The van der Waals surface area contributed by atoms with Gasteiger partial charge in [0.25, 0.3) is 0 Å². The fourth-order valence-electron chi connectivity index (χ4n) is 3.91. The smallest absolute Gasteiger partial charge is 0.222 e. The van der Waals surface area contributed by atoms with E-state index in [0.29, 0.717) is 24.8 Å². The van der Waals surface area contributed by atoms with Gasteiger partial charge in [0.1, 0.15) is 0 Å². The van der Waals surface area contributed by atoms with E-state index in [1.165, 1.54) is 0 Å². The summed E-state index contributed by atoms with van der Waals surface area (Å²) in [5.74, 6) is 0.956. The van der Waals surface area contributed by atoms with Gasteiger partial charge in [0.15, 0.2) is 0 Å². The number of hydrogen-bond donors (Lipinski definition) is 0. The van der Waals surface area contributed by atoms with Crippen LogP contribution in [0, 0.1) is 5.92 Å². The Labute approximate surface area is 137 Å². The van der Waals surface area contributed by atoms with Gasteiger partial charge in [-0.2, -0.15) is 0 Å². The third-order valence-corrected chi connectivity index (χ3v) is 5.27. The molecule has 6 nitrogen and oxygen atoms in total. The molecule has 3 rings (SSSR count). The molecule has 23 heavy (non-hydrogen) atoms. The Morgan fingerprint density at radius 3 is 3.04 bits per heavy atom. The number of nitrogens with zero attached hydrogens (tertiary/aromatic N) is 4. The minimum Gasteiger partial charge on any atom is -0.342 e. The van der Waals surface area contributed by atoms with Crippen molar-refractivity contribution in [2.75, 3.05) is 20.1 Å².